The average molecular weight is 315 g/mol. The van der Waals surface area contributed by atoms with E-state index in [4.69, 9.17) is 25.8 Å². The van der Waals surface area contributed by atoms with Gasteiger partial charge in [0.15, 0.2) is 11.5 Å². The Hall–Kier alpha value is -1.66. The van der Waals surface area contributed by atoms with Gasteiger partial charge in [-0.25, -0.2) is 0 Å². The van der Waals surface area contributed by atoms with Gasteiger partial charge in [-0.05, 0) is 6.07 Å². The summed E-state index contributed by atoms with van der Waals surface area (Å²) >= 11 is 6.18. The summed E-state index contributed by atoms with van der Waals surface area (Å²) < 4.78 is 15.9. The van der Waals surface area contributed by atoms with Gasteiger partial charge in [-0.2, -0.15) is 0 Å². The number of carbonyl (C=O) groups is 1. The standard InChI is InChI=1S/C14H19ClN2O4/c1-19-11-9(14(18)17-6-4-16-5-7-17)8-10(15)12(20-2)13(11)21-3/h8,16H,4-7H2,1-3H3. The van der Waals surface area contributed by atoms with E-state index in [1.165, 1.54) is 21.3 Å². The lowest BCUT2D eigenvalue weighted by atomic mass is 10.1. The number of hydrogen-bond acceptors (Lipinski definition) is 5. The number of nitrogens with one attached hydrogen (secondary N) is 1. The van der Waals surface area contributed by atoms with E-state index < -0.39 is 0 Å². The second kappa shape index (κ2) is 6.87. The van der Waals surface area contributed by atoms with E-state index in [9.17, 15) is 4.79 Å². The van der Waals surface area contributed by atoms with E-state index in [0.717, 1.165) is 13.1 Å². The molecule has 0 atom stereocenters. The third kappa shape index (κ3) is 3.01. The fraction of sp³-hybridized carbons (Fsp3) is 0.500. The number of amides is 1. The third-order valence-corrected chi connectivity index (χ3v) is 3.67. The van der Waals surface area contributed by atoms with E-state index >= 15 is 0 Å². The number of piperazine rings is 1. The first kappa shape index (κ1) is 15.7. The number of methoxy groups -OCH3 is 3. The highest BCUT2D eigenvalue weighted by Crippen LogP contribution is 2.45. The molecule has 116 valence electrons. The van der Waals surface area contributed by atoms with Crippen LogP contribution in [-0.4, -0.2) is 58.3 Å². The zero-order chi connectivity index (χ0) is 15.4. The van der Waals surface area contributed by atoms with Crippen LogP contribution in [0.15, 0.2) is 6.07 Å². The van der Waals surface area contributed by atoms with Crippen LogP contribution in [-0.2, 0) is 0 Å². The highest BCUT2D eigenvalue weighted by atomic mass is 35.5. The van der Waals surface area contributed by atoms with E-state index in [0.29, 0.717) is 40.9 Å². The van der Waals surface area contributed by atoms with Crippen LogP contribution >= 0.6 is 11.6 Å². The SMILES string of the molecule is COc1c(Cl)cc(C(=O)N2CCNCC2)c(OC)c1OC. The molecule has 6 nitrogen and oxygen atoms in total. The zero-order valence-electron chi connectivity index (χ0n) is 12.4. The summed E-state index contributed by atoms with van der Waals surface area (Å²) in [6, 6.07) is 1.56. The first-order chi connectivity index (χ1) is 10.1. The van der Waals surface area contributed by atoms with E-state index in [1.54, 1.807) is 11.0 Å². The van der Waals surface area contributed by atoms with Crippen LogP contribution in [0.3, 0.4) is 0 Å². The molecule has 1 heterocycles. The minimum absolute atomic E-state index is 0.129. The van der Waals surface area contributed by atoms with Crippen molar-refractivity contribution in [2.45, 2.75) is 0 Å². The lowest BCUT2D eigenvalue weighted by Crippen LogP contribution is -2.46. The zero-order valence-corrected chi connectivity index (χ0v) is 13.1. The molecule has 0 saturated carbocycles. The molecule has 0 aromatic heterocycles. The smallest absolute Gasteiger partial charge is 0.257 e. The molecule has 0 bridgehead atoms. The number of hydrogen-bond donors (Lipinski definition) is 1. The maximum atomic E-state index is 12.7. The topological polar surface area (TPSA) is 60.0 Å². The van der Waals surface area contributed by atoms with E-state index in [-0.39, 0.29) is 5.91 Å². The Kier molecular flexibility index (Phi) is 5.14. The average Bonchev–Trinajstić information content (AvgIpc) is 2.53. The van der Waals surface area contributed by atoms with E-state index in [1.807, 2.05) is 0 Å². The first-order valence-corrected chi connectivity index (χ1v) is 7.00. The van der Waals surface area contributed by atoms with Crippen LogP contribution < -0.4 is 19.5 Å². The first-order valence-electron chi connectivity index (χ1n) is 6.62. The number of benzene rings is 1. The van der Waals surface area contributed by atoms with Crippen molar-refractivity contribution in [1.82, 2.24) is 10.2 Å². The summed E-state index contributed by atoms with van der Waals surface area (Å²) in [5.41, 5.74) is 0.377. The molecule has 0 aliphatic carbocycles. The third-order valence-electron chi connectivity index (χ3n) is 3.39. The molecule has 1 amide bonds. The molecule has 0 spiro atoms. The summed E-state index contributed by atoms with van der Waals surface area (Å²) in [5, 5.41) is 3.52. The molecule has 2 rings (SSSR count). The van der Waals surface area contributed by atoms with Gasteiger partial charge in [0.2, 0.25) is 5.75 Å². The molecule has 7 heteroatoms. The minimum atomic E-state index is -0.129. The van der Waals surface area contributed by atoms with Gasteiger partial charge in [0.25, 0.3) is 5.91 Å². The molecule has 21 heavy (non-hydrogen) atoms. The minimum Gasteiger partial charge on any atom is -0.492 e. The molecule has 1 aromatic carbocycles. The molecule has 0 radical (unpaired) electrons. The van der Waals surface area contributed by atoms with Crippen molar-refractivity contribution in [3.05, 3.63) is 16.7 Å². The lowest BCUT2D eigenvalue weighted by molar-refractivity contribution is 0.0731. The molecule has 1 fully saturated rings. The Labute approximate surface area is 128 Å². The van der Waals surface area contributed by atoms with Crippen molar-refractivity contribution < 1.29 is 19.0 Å². The van der Waals surface area contributed by atoms with Crippen molar-refractivity contribution >= 4 is 17.5 Å². The molecule has 1 aliphatic heterocycles. The van der Waals surface area contributed by atoms with Crippen molar-refractivity contribution in [2.75, 3.05) is 47.5 Å². The number of carbonyl (C=O) groups excluding carboxylic acids is 1. The predicted octanol–water partition coefficient (Wildman–Crippen LogP) is 1.41. The van der Waals surface area contributed by atoms with Gasteiger partial charge >= 0.3 is 0 Å². The molecule has 1 aromatic rings. The van der Waals surface area contributed by atoms with Gasteiger partial charge in [-0.1, -0.05) is 11.6 Å². The molecule has 1 aliphatic rings. The van der Waals surface area contributed by atoms with Crippen molar-refractivity contribution in [3.63, 3.8) is 0 Å². The second-order valence-electron chi connectivity index (χ2n) is 4.55. The Morgan fingerprint density at radius 3 is 2.19 bits per heavy atom. The largest absolute Gasteiger partial charge is 0.492 e. The monoisotopic (exact) mass is 314 g/mol. The number of halogens is 1. The van der Waals surface area contributed by atoms with Gasteiger partial charge in [-0.15, -0.1) is 0 Å². The van der Waals surface area contributed by atoms with Crippen LogP contribution in [0.5, 0.6) is 17.2 Å². The number of nitrogens with zero attached hydrogens (tertiary/aromatic N) is 1. The van der Waals surface area contributed by atoms with Crippen LogP contribution in [0.25, 0.3) is 0 Å². The second-order valence-corrected chi connectivity index (χ2v) is 4.96. The summed E-state index contributed by atoms with van der Waals surface area (Å²) in [6.07, 6.45) is 0. The molecule has 0 unspecified atom stereocenters. The van der Waals surface area contributed by atoms with Gasteiger partial charge in [0.05, 0.1) is 31.9 Å². The van der Waals surface area contributed by atoms with Gasteiger partial charge in [0, 0.05) is 26.2 Å². The highest BCUT2D eigenvalue weighted by Gasteiger charge is 2.27. The van der Waals surface area contributed by atoms with Crippen molar-refractivity contribution in [1.29, 1.82) is 0 Å². The van der Waals surface area contributed by atoms with Crippen LogP contribution in [0.4, 0.5) is 0 Å². The Morgan fingerprint density at radius 1 is 1.10 bits per heavy atom. The summed E-state index contributed by atoms with van der Waals surface area (Å²) in [7, 11) is 4.45. The number of ether oxygens (including phenoxy) is 3. The maximum absolute atomic E-state index is 12.7. The van der Waals surface area contributed by atoms with Crippen LogP contribution in [0, 0.1) is 0 Å². The predicted molar refractivity (Wildman–Crippen MR) is 79.9 cm³/mol. The molecular weight excluding hydrogens is 296 g/mol. The fourth-order valence-corrected chi connectivity index (χ4v) is 2.64. The van der Waals surface area contributed by atoms with Crippen molar-refractivity contribution in [2.24, 2.45) is 0 Å². The summed E-state index contributed by atoms with van der Waals surface area (Å²) in [5.74, 6) is 0.886. The molecular formula is C14H19ClN2O4. The highest BCUT2D eigenvalue weighted by molar-refractivity contribution is 6.33. The van der Waals surface area contributed by atoms with Crippen LogP contribution in [0.1, 0.15) is 10.4 Å². The Bertz CT molecular complexity index is 530. The normalized spacial score (nSPS) is 14.8. The van der Waals surface area contributed by atoms with Crippen molar-refractivity contribution in [3.8, 4) is 17.2 Å². The Balaban J connectivity index is 2.47. The van der Waals surface area contributed by atoms with Gasteiger partial charge < -0.3 is 24.4 Å². The van der Waals surface area contributed by atoms with Gasteiger partial charge in [-0.3, -0.25) is 4.79 Å². The number of rotatable bonds is 4. The molecule has 1 saturated heterocycles. The lowest BCUT2D eigenvalue weighted by Gasteiger charge is -2.28. The van der Waals surface area contributed by atoms with E-state index in [2.05, 4.69) is 5.32 Å². The fourth-order valence-electron chi connectivity index (χ4n) is 2.37. The summed E-state index contributed by atoms with van der Waals surface area (Å²) in [4.78, 5) is 14.4. The maximum Gasteiger partial charge on any atom is 0.257 e. The van der Waals surface area contributed by atoms with Gasteiger partial charge in [0.1, 0.15) is 0 Å². The Morgan fingerprint density at radius 2 is 1.67 bits per heavy atom. The quantitative estimate of drug-likeness (QED) is 0.910. The van der Waals surface area contributed by atoms with Crippen LogP contribution in [0.2, 0.25) is 5.02 Å². The summed E-state index contributed by atoms with van der Waals surface area (Å²) in [6.45, 7) is 2.84. The molecule has 1 N–H and O–H groups in total.